The lowest BCUT2D eigenvalue weighted by Crippen LogP contribution is -2.47. The number of ketones is 3. The maximum atomic E-state index is 13.6. The molecule has 1 unspecified atom stereocenters. The first-order chi connectivity index (χ1) is 18.0. The van der Waals surface area contributed by atoms with E-state index in [0.717, 1.165) is 42.0 Å². The normalized spacial score (nSPS) is 19.8. The Kier molecular flexibility index (Phi) is 7.19. The number of nitrogens with one attached hydrogen (secondary N) is 1. The number of Topliss-reactive ketones (excluding diaryl/α,β-unsaturated/α-hetero) is 2. The van der Waals surface area contributed by atoms with Gasteiger partial charge in [0.05, 0.1) is 12.7 Å². The highest BCUT2D eigenvalue weighted by molar-refractivity contribution is 6.27. The number of rotatable bonds is 8. The standard InChI is InChI=1S/C30H33NO7/c1-7-16-10-17(8-2)19(18(9-3)11-16)14-31-29(36)25-22(37-6)12-21(34)26-27(25)38-23-13-20(33)24(15(4)32)28(35)30(23,26)5/h10-13,24,34H,7-9,14H2,1-6H3,(H,31,36)/t24?,30-/m1/s1. The average Bonchev–Trinajstić information content (AvgIpc) is 3.19. The second kappa shape index (κ2) is 10.1. The number of allylic oxidation sites excluding steroid dienone is 2. The molecule has 38 heavy (non-hydrogen) atoms. The van der Waals surface area contributed by atoms with E-state index in [1.54, 1.807) is 0 Å². The van der Waals surface area contributed by atoms with Gasteiger partial charge in [-0.2, -0.15) is 0 Å². The lowest BCUT2D eigenvalue weighted by molar-refractivity contribution is -0.140. The maximum Gasteiger partial charge on any atom is 0.259 e. The van der Waals surface area contributed by atoms with Crippen LogP contribution in [0, 0.1) is 5.92 Å². The third kappa shape index (κ3) is 4.08. The van der Waals surface area contributed by atoms with Crippen LogP contribution >= 0.6 is 0 Å². The number of aryl methyl sites for hydroxylation is 3. The molecule has 0 bridgehead atoms. The van der Waals surface area contributed by atoms with Crippen LogP contribution in [0.15, 0.2) is 30.0 Å². The molecule has 1 aliphatic carbocycles. The van der Waals surface area contributed by atoms with Crippen LogP contribution in [0.1, 0.15) is 72.8 Å². The number of hydrogen-bond acceptors (Lipinski definition) is 7. The summed E-state index contributed by atoms with van der Waals surface area (Å²) in [6.45, 7) is 9.18. The number of aromatic hydroxyl groups is 1. The molecule has 200 valence electrons. The predicted molar refractivity (Wildman–Crippen MR) is 141 cm³/mol. The highest BCUT2D eigenvalue weighted by Crippen LogP contribution is 2.56. The molecule has 8 nitrogen and oxygen atoms in total. The first kappa shape index (κ1) is 27.1. The molecule has 0 aromatic heterocycles. The van der Waals surface area contributed by atoms with Crippen LogP contribution in [0.25, 0.3) is 0 Å². The number of ether oxygens (including phenoxy) is 2. The van der Waals surface area contributed by atoms with Gasteiger partial charge in [-0.15, -0.1) is 0 Å². The van der Waals surface area contributed by atoms with Crippen LogP contribution in [-0.2, 0) is 45.6 Å². The van der Waals surface area contributed by atoms with Crippen molar-refractivity contribution in [1.29, 1.82) is 0 Å². The van der Waals surface area contributed by atoms with E-state index in [9.17, 15) is 24.3 Å². The lowest BCUT2D eigenvalue weighted by Gasteiger charge is -2.30. The smallest absolute Gasteiger partial charge is 0.259 e. The van der Waals surface area contributed by atoms with Crippen molar-refractivity contribution in [2.75, 3.05) is 7.11 Å². The van der Waals surface area contributed by atoms with Gasteiger partial charge in [-0.1, -0.05) is 32.9 Å². The highest BCUT2D eigenvalue weighted by Gasteiger charge is 2.58. The van der Waals surface area contributed by atoms with Crippen LogP contribution in [-0.4, -0.2) is 35.5 Å². The summed E-state index contributed by atoms with van der Waals surface area (Å²) < 4.78 is 11.3. The number of carbonyl (C=O) groups is 4. The summed E-state index contributed by atoms with van der Waals surface area (Å²) in [5.41, 5.74) is 3.03. The van der Waals surface area contributed by atoms with Crippen molar-refractivity contribution in [3.05, 3.63) is 63.4 Å². The molecule has 1 aliphatic heterocycles. The second-order valence-electron chi connectivity index (χ2n) is 9.86. The minimum atomic E-state index is -1.61. The Morgan fingerprint density at radius 3 is 2.24 bits per heavy atom. The molecular weight excluding hydrogens is 486 g/mol. The van der Waals surface area contributed by atoms with Crippen LogP contribution in [0.3, 0.4) is 0 Å². The minimum Gasteiger partial charge on any atom is -0.507 e. The Bertz CT molecular complexity index is 1380. The van der Waals surface area contributed by atoms with E-state index < -0.39 is 34.6 Å². The van der Waals surface area contributed by atoms with Gasteiger partial charge in [0.2, 0.25) is 0 Å². The van der Waals surface area contributed by atoms with Gasteiger partial charge in [0, 0.05) is 18.7 Å². The first-order valence-corrected chi connectivity index (χ1v) is 12.9. The summed E-state index contributed by atoms with van der Waals surface area (Å²) in [5.74, 6) is -4.37. The maximum absolute atomic E-state index is 13.6. The van der Waals surface area contributed by atoms with Gasteiger partial charge in [-0.3, -0.25) is 19.2 Å². The van der Waals surface area contributed by atoms with Crippen molar-refractivity contribution in [3.8, 4) is 17.2 Å². The summed E-state index contributed by atoms with van der Waals surface area (Å²) >= 11 is 0. The molecule has 0 saturated heterocycles. The molecule has 2 aromatic carbocycles. The number of phenols is 1. The topological polar surface area (TPSA) is 119 Å². The van der Waals surface area contributed by atoms with Gasteiger partial charge in [-0.25, -0.2) is 0 Å². The quantitative estimate of drug-likeness (QED) is 0.508. The van der Waals surface area contributed by atoms with E-state index in [4.69, 9.17) is 9.47 Å². The van der Waals surface area contributed by atoms with E-state index in [2.05, 4.69) is 38.2 Å². The van der Waals surface area contributed by atoms with E-state index in [-0.39, 0.29) is 40.7 Å². The molecule has 1 amide bonds. The molecule has 2 N–H and O–H groups in total. The van der Waals surface area contributed by atoms with Crippen molar-refractivity contribution < 1.29 is 33.8 Å². The zero-order valence-electron chi connectivity index (χ0n) is 22.6. The lowest BCUT2D eigenvalue weighted by atomic mass is 9.67. The van der Waals surface area contributed by atoms with Crippen LogP contribution in [0.5, 0.6) is 17.2 Å². The van der Waals surface area contributed by atoms with Crippen LogP contribution in [0.2, 0.25) is 0 Å². The SMILES string of the molecule is CCc1cc(CC)c(CNC(=O)c2c(OC)cc(O)c3c2OC2=CC(=O)C(C(C)=O)C(=O)[C@]23C)c(CC)c1. The Morgan fingerprint density at radius 2 is 1.71 bits per heavy atom. The average molecular weight is 520 g/mol. The zero-order chi connectivity index (χ0) is 27.9. The number of carbonyl (C=O) groups excluding carboxylic acids is 4. The number of benzene rings is 2. The highest BCUT2D eigenvalue weighted by atomic mass is 16.5. The van der Waals surface area contributed by atoms with Gasteiger partial charge >= 0.3 is 0 Å². The van der Waals surface area contributed by atoms with Gasteiger partial charge in [-0.05, 0) is 55.4 Å². The molecule has 8 heteroatoms. The number of fused-ring (bicyclic) bond motifs is 3. The number of methoxy groups -OCH3 is 1. The van der Waals surface area contributed by atoms with Crippen molar-refractivity contribution in [1.82, 2.24) is 5.32 Å². The fraction of sp³-hybridized carbons (Fsp3) is 0.400. The molecule has 2 atom stereocenters. The van der Waals surface area contributed by atoms with Crippen molar-refractivity contribution in [2.24, 2.45) is 5.92 Å². The van der Waals surface area contributed by atoms with Crippen molar-refractivity contribution in [3.63, 3.8) is 0 Å². The van der Waals surface area contributed by atoms with Gasteiger partial charge in [0.1, 0.15) is 39.9 Å². The van der Waals surface area contributed by atoms with Crippen LogP contribution in [0.4, 0.5) is 0 Å². The fourth-order valence-electron chi connectivity index (χ4n) is 5.54. The third-order valence-electron chi connectivity index (χ3n) is 7.69. The first-order valence-electron chi connectivity index (χ1n) is 12.9. The van der Waals surface area contributed by atoms with Crippen LogP contribution < -0.4 is 14.8 Å². The van der Waals surface area contributed by atoms with E-state index >= 15 is 0 Å². The molecule has 2 aliphatic rings. The number of amides is 1. The Balaban J connectivity index is 1.79. The number of hydrogen-bond donors (Lipinski definition) is 2. The fourth-order valence-corrected chi connectivity index (χ4v) is 5.54. The minimum absolute atomic E-state index is 0.00211. The predicted octanol–water partition coefficient (Wildman–Crippen LogP) is 3.91. The Morgan fingerprint density at radius 1 is 1.08 bits per heavy atom. The molecule has 0 fully saturated rings. The second-order valence-corrected chi connectivity index (χ2v) is 9.86. The molecule has 0 spiro atoms. The Labute approximate surface area is 222 Å². The summed E-state index contributed by atoms with van der Waals surface area (Å²) in [6, 6.07) is 5.58. The van der Waals surface area contributed by atoms with Gasteiger partial charge < -0.3 is 19.9 Å². The molecule has 0 radical (unpaired) electrons. The largest absolute Gasteiger partial charge is 0.507 e. The number of phenolic OH excluding ortho intramolecular Hbond substituents is 1. The summed E-state index contributed by atoms with van der Waals surface area (Å²) in [7, 11) is 1.36. The summed E-state index contributed by atoms with van der Waals surface area (Å²) in [6.07, 6.45) is 3.65. The monoisotopic (exact) mass is 519 g/mol. The third-order valence-corrected chi connectivity index (χ3v) is 7.69. The Hall–Kier alpha value is -3.94. The van der Waals surface area contributed by atoms with Gasteiger partial charge in [0.25, 0.3) is 5.91 Å². The molecule has 0 saturated carbocycles. The molecule has 2 aromatic rings. The molecule has 4 rings (SSSR count). The van der Waals surface area contributed by atoms with Crippen molar-refractivity contribution in [2.45, 2.75) is 65.8 Å². The molecule has 1 heterocycles. The summed E-state index contributed by atoms with van der Waals surface area (Å²) in [4.78, 5) is 51.8. The van der Waals surface area contributed by atoms with E-state index in [1.807, 2.05) is 0 Å². The summed E-state index contributed by atoms with van der Waals surface area (Å²) in [5, 5.41) is 13.9. The zero-order valence-corrected chi connectivity index (χ0v) is 22.6. The van der Waals surface area contributed by atoms with E-state index in [1.165, 1.54) is 32.6 Å². The van der Waals surface area contributed by atoms with Crippen molar-refractivity contribution >= 4 is 23.3 Å². The van der Waals surface area contributed by atoms with E-state index in [0.29, 0.717) is 0 Å². The molecular formula is C30H33NO7. The van der Waals surface area contributed by atoms with Gasteiger partial charge in [0.15, 0.2) is 17.3 Å².